The van der Waals surface area contributed by atoms with E-state index in [1.807, 2.05) is 60.4 Å². The van der Waals surface area contributed by atoms with Crippen LogP contribution in [0.3, 0.4) is 0 Å². The summed E-state index contributed by atoms with van der Waals surface area (Å²) in [5, 5.41) is 19.3. The van der Waals surface area contributed by atoms with Crippen molar-refractivity contribution in [3.8, 4) is 6.07 Å². The molecule has 0 spiro atoms. The molecule has 2 saturated heterocycles. The van der Waals surface area contributed by atoms with Crippen molar-refractivity contribution in [2.24, 2.45) is 5.92 Å². The van der Waals surface area contributed by atoms with E-state index >= 15 is 0 Å². The molecule has 7 nitrogen and oxygen atoms in total. The van der Waals surface area contributed by atoms with Gasteiger partial charge in [0.05, 0.1) is 17.7 Å². The van der Waals surface area contributed by atoms with E-state index in [-0.39, 0.29) is 17.9 Å². The summed E-state index contributed by atoms with van der Waals surface area (Å²) < 4.78 is 0. The molecule has 0 aromatic heterocycles. The van der Waals surface area contributed by atoms with Crippen LogP contribution in [0.25, 0.3) is 0 Å². The van der Waals surface area contributed by atoms with Gasteiger partial charge in [-0.3, -0.25) is 4.79 Å². The van der Waals surface area contributed by atoms with Crippen molar-refractivity contribution in [1.82, 2.24) is 9.80 Å². The maximum atomic E-state index is 13.5. The fraction of sp³-hybridized carbons (Fsp3) is 0.423. The van der Waals surface area contributed by atoms with E-state index in [0.717, 1.165) is 37.2 Å². The highest BCUT2D eigenvalue weighted by Crippen LogP contribution is 2.39. The van der Waals surface area contributed by atoms with Gasteiger partial charge in [-0.2, -0.15) is 5.26 Å². The number of anilines is 1. The first kappa shape index (κ1) is 23.9. The van der Waals surface area contributed by atoms with Gasteiger partial charge in [0, 0.05) is 55.3 Å². The molecule has 34 heavy (non-hydrogen) atoms. The van der Waals surface area contributed by atoms with Gasteiger partial charge in [-0.1, -0.05) is 30.7 Å². The van der Waals surface area contributed by atoms with Crippen molar-refractivity contribution in [3.05, 3.63) is 64.7 Å². The molecule has 2 heterocycles. The Labute approximate surface area is 205 Å². The van der Waals surface area contributed by atoms with Gasteiger partial charge in [-0.05, 0) is 54.8 Å². The third kappa shape index (κ3) is 4.55. The van der Waals surface area contributed by atoms with Crippen molar-refractivity contribution in [2.75, 3.05) is 38.1 Å². The third-order valence-electron chi connectivity index (χ3n) is 7.44. The Morgan fingerprint density at radius 2 is 1.74 bits per heavy atom. The van der Waals surface area contributed by atoms with Crippen LogP contribution in [0.4, 0.5) is 10.5 Å². The lowest BCUT2D eigenvalue weighted by molar-refractivity contribution is -0.135. The summed E-state index contributed by atoms with van der Waals surface area (Å²) in [5.41, 5.74) is 2.13. The molecule has 0 saturated carbocycles. The standard InChI is InChI=1S/C26H29ClN4O3/c1-26(20-5-7-21(27)8-6-20)17-31(16-23(26)29(2)25(33)34)24(32)19-11-13-30(14-12-19)22-9-3-18(15-28)4-10-22/h3-10,19,23H,11-14,16-17H2,1-2H3,(H,33,34)/t23-,26+/m1/s1. The highest BCUT2D eigenvalue weighted by Gasteiger charge is 2.49. The van der Waals surface area contributed by atoms with Gasteiger partial charge in [-0.15, -0.1) is 0 Å². The Bertz CT molecular complexity index is 1090. The van der Waals surface area contributed by atoms with E-state index in [1.54, 1.807) is 7.05 Å². The van der Waals surface area contributed by atoms with Crippen LogP contribution in [0.5, 0.6) is 0 Å². The third-order valence-corrected chi connectivity index (χ3v) is 7.69. The lowest BCUT2D eigenvalue weighted by Crippen LogP contribution is -2.48. The number of piperidine rings is 1. The molecule has 2 aliphatic rings. The number of amides is 2. The van der Waals surface area contributed by atoms with Gasteiger partial charge >= 0.3 is 6.09 Å². The summed E-state index contributed by atoms with van der Waals surface area (Å²) in [4.78, 5) is 30.8. The number of carbonyl (C=O) groups is 2. The number of nitrogens with zero attached hydrogens (tertiary/aromatic N) is 4. The molecule has 2 fully saturated rings. The van der Waals surface area contributed by atoms with Crippen LogP contribution in [0.2, 0.25) is 5.02 Å². The van der Waals surface area contributed by atoms with Crippen LogP contribution in [0, 0.1) is 17.2 Å². The molecule has 1 N–H and O–H groups in total. The van der Waals surface area contributed by atoms with Gasteiger partial charge in [-0.25, -0.2) is 4.79 Å². The number of halogens is 1. The molecule has 0 bridgehead atoms. The number of likely N-dealkylation sites (N-methyl/N-ethyl adjacent to an activating group) is 1. The Morgan fingerprint density at radius 1 is 1.12 bits per heavy atom. The first-order chi connectivity index (χ1) is 16.2. The van der Waals surface area contributed by atoms with Crippen LogP contribution in [-0.4, -0.2) is 66.2 Å². The highest BCUT2D eigenvalue weighted by molar-refractivity contribution is 6.30. The van der Waals surface area contributed by atoms with Crippen LogP contribution in [0.1, 0.15) is 30.9 Å². The maximum Gasteiger partial charge on any atom is 0.407 e. The largest absolute Gasteiger partial charge is 0.465 e. The number of hydrogen-bond donors (Lipinski definition) is 1. The number of rotatable bonds is 4. The van der Waals surface area contributed by atoms with E-state index in [4.69, 9.17) is 16.9 Å². The molecular formula is C26H29ClN4O3. The second-order valence-corrected chi connectivity index (χ2v) is 9.91. The van der Waals surface area contributed by atoms with Crippen molar-refractivity contribution in [1.29, 1.82) is 5.26 Å². The number of likely N-dealkylation sites (tertiary alicyclic amines) is 1. The molecule has 178 valence electrons. The number of nitriles is 1. The Hall–Kier alpha value is -3.24. The molecule has 0 aliphatic carbocycles. The average Bonchev–Trinajstić information content (AvgIpc) is 3.22. The maximum absolute atomic E-state index is 13.5. The van der Waals surface area contributed by atoms with Crippen LogP contribution in [0.15, 0.2) is 48.5 Å². The second-order valence-electron chi connectivity index (χ2n) is 9.47. The van der Waals surface area contributed by atoms with E-state index < -0.39 is 11.5 Å². The van der Waals surface area contributed by atoms with Crippen LogP contribution in [-0.2, 0) is 10.2 Å². The minimum absolute atomic E-state index is 0.0852. The first-order valence-corrected chi connectivity index (χ1v) is 11.9. The fourth-order valence-electron chi connectivity index (χ4n) is 5.33. The highest BCUT2D eigenvalue weighted by atomic mass is 35.5. The van der Waals surface area contributed by atoms with Gasteiger partial charge < -0.3 is 19.8 Å². The minimum Gasteiger partial charge on any atom is -0.465 e. The summed E-state index contributed by atoms with van der Waals surface area (Å²) in [5.74, 6) is 0.0129. The van der Waals surface area contributed by atoms with Gasteiger partial charge in [0.2, 0.25) is 5.91 Å². The molecule has 0 unspecified atom stereocenters. The zero-order valence-corrected chi connectivity index (χ0v) is 20.2. The Balaban J connectivity index is 1.47. The van der Waals surface area contributed by atoms with E-state index in [0.29, 0.717) is 23.7 Å². The summed E-state index contributed by atoms with van der Waals surface area (Å²) >= 11 is 6.08. The molecule has 2 aliphatic heterocycles. The van der Waals surface area contributed by atoms with Crippen LogP contribution >= 0.6 is 11.6 Å². The van der Waals surface area contributed by atoms with Crippen molar-refractivity contribution < 1.29 is 14.7 Å². The predicted octanol–water partition coefficient (Wildman–Crippen LogP) is 4.21. The van der Waals surface area contributed by atoms with Gasteiger partial charge in [0.1, 0.15) is 0 Å². The lowest BCUT2D eigenvalue weighted by Gasteiger charge is -2.35. The van der Waals surface area contributed by atoms with Crippen molar-refractivity contribution in [2.45, 2.75) is 31.2 Å². The quantitative estimate of drug-likeness (QED) is 0.708. The fourth-order valence-corrected chi connectivity index (χ4v) is 5.46. The first-order valence-electron chi connectivity index (χ1n) is 11.5. The van der Waals surface area contributed by atoms with E-state index in [9.17, 15) is 14.7 Å². The Kier molecular flexibility index (Phi) is 6.72. The predicted molar refractivity (Wildman–Crippen MR) is 131 cm³/mol. The zero-order chi connectivity index (χ0) is 24.5. The Morgan fingerprint density at radius 3 is 2.29 bits per heavy atom. The summed E-state index contributed by atoms with van der Waals surface area (Å²) in [7, 11) is 1.57. The molecule has 4 rings (SSSR count). The molecular weight excluding hydrogens is 452 g/mol. The van der Waals surface area contributed by atoms with Crippen molar-refractivity contribution in [3.63, 3.8) is 0 Å². The summed E-state index contributed by atoms with van der Waals surface area (Å²) in [6.07, 6.45) is 0.481. The number of benzene rings is 2. The van der Waals surface area contributed by atoms with Crippen LogP contribution < -0.4 is 4.90 Å². The molecule has 0 radical (unpaired) electrons. The van der Waals surface area contributed by atoms with E-state index in [1.165, 1.54) is 4.90 Å². The van der Waals surface area contributed by atoms with Crippen molar-refractivity contribution >= 4 is 29.3 Å². The lowest BCUT2D eigenvalue weighted by atomic mass is 9.77. The molecule has 2 aromatic rings. The second kappa shape index (κ2) is 9.55. The van der Waals surface area contributed by atoms with E-state index in [2.05, 4.69) is 11.0 Å². The number of carboxylic acid groups (broad SMARTS) is 1. The van der Waals surface area contributed by atoms with Gasteiger partial charge in [0.25, 0.3) is 0 Å². The molecule has 8 heteroatoms. The summed E-state index contributed by atoms with van der Waals surface area (Å²) in [6.45, 7) is 4.40. The molecule has 2 atom stereocenters. The summed E-state index contributed by atoms with van der Waals surface area (Å²) in [6, 6.07) is 16.8. The molecule has 2 aromatic carbocycles. The van der Waals surface area contributed by atoms with Gasteiger partial charge in [0.15, 0.2) is 0 Å². The monoisotopic (exact) mass is 480 g/mol. The average molecular weight is 481 g/mol. The number of carbonyl (C=O) groups excluding carboxylic acids is 1. The molecule has 2 amide bonds. The zero-order valence-electron chi connectivity index (χ0n) is 19.4. The number of hydrogen-bond acceptors (Lipinski definition) is 4. The minimum atomic E-state index is -1.00. The smallest absolute Gasteiger partial charge is 0.407 e. The topological polar surface area (TPSA) is 87.9 Å². The normalized spacial score (nSPS) is 22.9. The SMILES string of the molecule is CN(C(=O)O)[C@@H]1CN(C(=O)C2CCN(c3ccc(C#N)cc3)CC2)C[C@@]1(C)c1ccc(Cl)cc1.